The van der Waals surface area contributed by atoms with Crippen molar-refractivity contribution in [1.82, 2.24) is 0 Å². The van der Waals surface area contributed by atoms with E-state index in [4.69, 9.17) is 0 Å². The Hall–Kier alpha value is 0.430. The van der Waals surface area contributed by atoms with E-state index in [0.717, 1.165) is 18.2 Å². The van der Waals surface area contributed by atoms with Crippen LogP contribution in [0.3, 0.4) is 0 Å². The Balaban J connectivity index is 3.83. The molecular weight excluding hydrogens is 264 g/mol. The highest BCUT2D eigenvalue weighted by atomic mass is 79.9. The van der Waals surface area contributed by atoms with Gasteiger partial charge in [-0.1, -0.05) is 36.7 Å². The van der Waals surface area contributed by atoms with Crippen LogP contribution in [0.2, 0.25) is 0 Å². The summed E-state index contributed by atoms with van der Waals surface area (Å²) < 4.78 is 22.5. The molecule has 0 spiro atoms. The lowest BCUT2D eigenvalue weighted by atomic mass is 9.94. The van der Waals surface area contributed by atoms with Crippen LogP contribution in [-0.4, -0.2) is 25.3 Å². The molecule has 0 saturated heterocycles. The van der Waals surface area contributed by atoms with Gasteiger partial charge in [0.05, 0.1) is 5.75 Å². The molecule has 0 rings (SSSR count). The van der Waals surface area contributed by atoms with E-state index in [1.54, 1.807) is 6.92 Å². The highest BCUT2D eigenvalue weighted by Gasteiger charge is 2.13. The second kappa shape index (κ2) is 6.83. The molecule has 86 valence electrons. The first-order valence-electron chi connectivity index (χ1n) is 5.19. The van der Waals surface area contributed by atoms with Crippen molar-refractivity contribution in [2.45, 2.75) is 33.6 Å². The fourth-order valence-corrected chi connectivity index (χ4v) is 3.26. The largest absolute Gasteiger partial charge is 0.229 e. The smallest absolute Gasteiger partial charge is 0.150 e. The van der Waals surface area contributed by atoms with Crippen molar-refractivity contribution in [3.8, 4) is 0 Å². The normalized spacial score (nSPS) is 14.6. The molecule has 2 nitrogen and oxygen atoms in total. The highest BCUT2D eigenvalue weighted by Crippen LogP contribution is 2.19. The van der Waals surface area contributed by atoms with E-state index in [2.05, 4.69) is 29.8 Å². The Morgan fingerprint density at radius 1 is 1.29 bits per heavy atom. The van der Waals surface area contributed by atoms with Crippen LogP contribution in [0.15, 0.2) is 0 Å². The minimum absolute atomic E-state index is 0.271. The van der Waals surface area contributed by atoms with E-state index in [0.29, 0.717) is 17.6 Å². The molecule has 0 bridgehead atoms. The number of rotatable bonds is 7. The molecule has 0 aliphatic heterocycles. The molecule has 0 N–H and O–H groups in total. The van der Waals surface area contributed by atoms with Gasteiger partial charge in [0, 0.05) is 11.1 Å². The van der Waals surface area contributed by atoms with Crippen LogP contribution < -0.4 is 0 Å². The second-order valence-electron chi connectivity index (χ2n) is 4.04. The molecule has 0 aromatic heterocycles. The lowest BCUT2D eigenvalue weighted by Gasteiger charge is -2.17. The monoisotopic (exact) mass is 284 g/mol. The summed E-state index contributed by atoms with van der Waals surface area (Å²) in [7, 11) is -2.76. The molecule has 1 atom stereocenters. The van der Waals surface area contributed by atoms with Gasteiger partial charge in [-0.2, -0.15) is 0 Å². The molecule has 0 aromatic rings. The van der Waals surface area contributed by atoms with Crippen molar-refractivity contribution < 1.29 is 8.42 Å². The van der Waals surface area contributed by atoms with Gasteiger partial charge in [-0.3, -0.25) is 0 Å². The zero-order chi connectivity index (χ0) is 11.2. The average Bonchev–Trinajstić information content (AvgIpc) is 2.12. The van der Waals surface area contributed by atoms with Crippen LogP contribution >= 0.6 is 15.9 Å². The maximum atomic E-state index is 11.2. The van der Waals surface area contributed by atoms with Crippen LogP contribution in [-0.2, 0) is 9.84 Å². The van der Waals surface area contributed by atoms with E-state index in [1.165, 1.54) is 0 Å². The summed E-state index contributed by atoms with van der Waals surface area (Å²) in [5, 5.41) is 0.969. The van der Waals surface area contributed by atoms with Crippen LogP contribution in [0.1, 0.15) is 33.6 Å². The Labute approximate surface area is 96.5 Å². The Morgan fingerprint density at radius 3 is 2.21 bits per heavy atom. The van der Waals surface area contributed by atoms with Gasteiger partial charge in [0.15, 0.2) is 0 Å². The molecule has 0 fully saturated rings. The zero-order valence-electron chi connectivity index (χ0n) is 9.29. The van der Waals surface area contributed by atoms with Crippen LogP contribution in [0.25, 0.3) is 0 Å². The predicted molar refractivity (Wildman–Crippen MR) is 65.7 cm³/mol. The van der Waals surface area contributed by atoms with Crippen molar-refractivity contribution in [3.05, 3.63) is 0 Å². The van der Waals surface area contributed by atoms with Crippen LogP contribution in [0.5, 0.6) is 0 Å². The number of alkyl halides is 1. The molecule has 0 aliphatic carbocycles. The number of halogens is 1. The summed E-state index contributed by atoms with van der Waals surface area (Å²) in [6.45, 7) is 6.07. The summed E-state index contributed by atoms with van der Waals surface area (Å²) in [5.74, 6) is 1.84. The zero-order valence-corrected chi connectivity index (χ0v) is 11.7. The first-order valence-corrected chi connectivity index (χ1v) is 8.13. The topological polar surface area (TPSA) is 34.1 Å². The quantitative estimate of drug-likeness (QED) is 0.674. The molecule has 0 aliphatic rings. The summed E-state index contributed by atoms with van der Waals surface area (Å²) in [4.78, 5) is 0. The third-order valence-electron chi connectivity index (χ3n) is 2.61. The van der Waals surface area contributed by atoms with E-state index in [-0.39, 0.29) is 5.75 Å². The molecular formula is C10H21BrO2S. The molecule has 4 heteroatoms. The third-order valence-corrected chi connectivity index (χ3v) is 5.23. The van der Waals surface area contributed by atoms with Crippen molar-refractivity contribution in [1.29, 1.82) is 0 Å². The van der Waals surface area contributed by atoms with Crippen molar-refractivity contribution in [2.24, 2.45) is 11.8 Å². The predicted octanol–water partition coefficient (Wildman–Crippen LogP) is 2.87. The van der Waals surface area contributed by atoms with Gasteiger partial charge in [-0.05, 0) is 24.7 Å². The maximum Gasteiger partial charge on any atom is 0.150 e. The molecule has 0 saturated carbocycles. The second-order valence-corrected chi connectivity index (χ2v) is 7.16. The van der Waals surface area contributed by atoms with E-state index in [1.807, 2.05) is 0 Å². The molecule has 14 heavy (non-hydrogen) atoms. The first kappa shape index (κ1) is 14.4. The first-order chi connectivity index (χ1) is 6.43. The summed E-state index contributed by atoms with van der Waals surface area (Å²) >= 11 is 3.46. The molecule has 0 aromatic carbocycles. The lowest BCUT2D eigenvalue weighted by molar-refractivity contribution is 0.398. The number of hydrogen-bond acceptors (Lipinski definition) is 2. The number of sulfone groups is 1. The van der Waals surface area contributed by atoms with Gasteiger partial charge < -0.3 is 0 Å². The van der Waals surface area contributed by atoms with Gasteiger partial charge in [0.25, 0.3) is 0 Å². The van der Waals surface area contributed by atoms with Crippen LogP contribution in [0, 0.1) is 11.8 Å². The lowest BCUT2D eigenvalue weighted by Crippen LogP contribution is -2.14. The summed E-state index contributed by atoms with van der Waals surface area (Å²) in [6, 6.07) is 0. The van der Waals surface area contributed by atoms with E-state index >= 15 is 0 Å². The summed E-state index contributed by atoms with van der Waals surface area (Å²) in [6.07, 6.45) is 1.80. The maximum absolute atomic E-state index is 11.2. The van der Waals surface area contributed by atoms with Gasteiger partial charge >= 0.3 is 0 Å². The van der Waals surface area contributed by atoms with E-state index in [9.17, 15) is 8.42 Å². The van der Waals surface area contributed by atoms with Gasteiger partial charge in [-0.25, -0.2) is 8.42 Å². The van der Waals surface area contributed by atoms with Crippen molar-refractivity contribution in [2.75, 3.05) is 16.8 Å². The minimum atomic E-state index is -2.76. The van der Waals surface area contributed by atoms with Gasteiger partial charge in [0.1, 0.15) is 9.84 Å². The Morgan fingerprint density at radius 2 is 1.86 bits per heavy atom. The Kier molecular flexibility index (Phi) is 7.04. The SMILES string of the molecule is CCS(=O)(=O)CCCC(CBr)C(C)C. The standard InChI is InChI=1S/C10H21BrO2S/c1-4-14(12,13)7-5-6-10(8-11)9(2)3/h9-10H,4-8H2,1-3H3. The van der Waals surface area contributed by atoms with Gasteiger partial charge in [-0.15, -0.1) is 0 Å². The minimum Gasteiger partial charge on any atom is -0.229 e. The molecule has 0 heterocycles. The fourth-order valence-electron chi connectivity index (χ4n) is 1.30. The van der Waals surface area contributed by atoms with Crippen LogP contribution in [0.4, 0.5) is 0 Å². The fraction of sp³-hybridized carbons (Fsp3) is 1.00. The Bertz CT molecular complexity index is 235. The highest BCUT2D eigenvalue weighted by molar-refractivity contribution is 9.09. The van der Waals surface area contributed by atoms with Gasteiger partial charge in [0.2, 0.25) is 0 Å². The molecule has 0 radical (unpaired) electrons. The summed E-state index contributed by atoms with van der Waals surface area (Å²) in [5.41, 5.74) is 0. The third kappa shape index (κ3) is 6.02. The molecule has 1 unspecified atom stereocenters. The van der Waals surface area contributed by atoms with Crippen molar-refractivity contribution >= 4 is 25.8 Å². The molecule has 0 amide bonds. The van der Waals surface area contributed by atoms with Crippen molar-refractivity contribution in [3.63, 3.8) is 0 Å². The average molecular weight is 285 g/mol. The number of hydrogen-bond donors (Lipinski definition) is 0. The van der Waals surface area contributed by atoms with E-state index < -0.39 is 9.84 Å².